The molecule has 0 saturated heterocycles. The molecule has 0 unspecified atom stereocenters. The fourth-order valence-electron chi connectivity index (χ4n) is 2.01. The summed E-state index contributed by atoms with van der Waals surface area (Å²) in [7, 11) is 0. The van der Waals surface area contributed by atoms with Gasteiger partial charge in [0, 0.05) is 18.1 Å². The molecule has 22 heavy (non-hydrogen) atoms. The Hall–Kier alpha value is -1.88. The molecule has 0 saturated carbocycles. The van der Waals surface area contributed by atoms with Crippen LogP contribution in [-0.2, 0) is 11.2 Å². The van der Waals surface area contributed by atoms with Crippen molar-refractivity contribution in [2.45, 2.75) is 32.8 Å². The first-order chi connectivity index (χ1) is 10.3. The number of carbonyl (C=O) groups excluding carboxylic acids is 1. The van der Waals surface area contributed by atoms with E-state index < -0.39 is 17.5 Å². The van der Waals surface area contributed by atoms with Crippen LogP contribution in [0.4, 0.5) is 9.18 Å². The van der Waals surface area contributed by atoms with Crippen LogP contribution in [-0.4, -0.2) is 23.2 Å². The number of ether oxygens (including phenoxy) is 1. The second-order valence-corrected chi connectivity index (χ2v) is 6.30. The maximum Gasteiger partial charge on any atom is 0.407 e. The molecule has 1 aromatic heterocycles. The van der Waals surface area contributed by atoms with Crippen LogP contribution in [0.3, 0.4) is 0 Å². The van der Waals surface area contributed by atoms with Crippen LogP contribution in [0, 0.1) is 5.82 Å². The zero-order valence-electron chi connectivity index (χ0n) is 12.7. The Balaban J connectivity index is 2.06. The van der Waals surface area contributed by atoms with Gasteiger partial charge in [-0.25, -0.2) is 9.18 Å². The quantitative estimate of drug-likeness (QED) is 0.925. The van der Waals surface area contributed by atoms with Crippen LogP contribution >= 0.6 is 11.6 Å². The van der Waals surface area contributed by atoms with Crippen molar-refractivity contribution < 1.29 is 13.9 Å². The fraction of sp³-hybridized carbons (Fsp3) is 0.375. The van der Waals surface area contributed by atoms with E-state index in [2.05, 4.69) is 10.3 Å². The number of pyridine rings is 1. The Bertz CT molecular complexity index is 698. The third-order valence-electron chi connectivity index (χ3n) is 2.91. The molecule has 1 N–H and O–H groups in total. The number of nitrogens with zero attached hydrogens (tertiary/aromatic N) is 1. The topological polar surface area (TPSA) is 51.2 Å². The summed E-state index contributed by atoms with van der Waals surface area (Å²) in [4.78, 5) is 15.5. The summed E-state index contributed by atoms with van der Waals surface area (Å²) in [5.74, 6) is -0.535. The molecule has 0 fully saturated rings. The van der Waals surface area contributed by atoms with E-state index in [1.165, 1.54) is 6.20 Å². The number of rotatable bonds is 3. The van der Waals surface area contributed by atoms with E-state index in [9.17, 15) is 9.18 Å². The molecule has 6 heteroatoms. The monoisotopic (exact) mass is 324 g/mol. The standard InChI is InChI=1S/C16H18ClFN2O2/c1-16(2,3)22-15(21)20-8-6-10-9-11-5-4-7-19-14(11)13(18)12(10)17/h4-5,7,9H,6,8H2,1-3H3,(H,20,21). The van der Waals surface area contributed by atoms with Gasteiger partial charge in [-0.1, -0.05) is 17.7 Å². The van der Waals surface area contributed by atoms with Crippen molar-refractivity contribution in [3.63, 3.8) is 0 Å². The van der Waals surface area contributed by atoms with Crippen molar-refractivity contribution in [2.24, 2.45) is 0 Å². The van der Waals surface area contributed by atoms with Crippen molar-refractivity contribution in [3.05, 3.63) is 40.8 Å². The fourth-order valence-corrected chi connectivity index (χ4v) is 2.25. The molecule has 1 amide bonds. The van der Waals surface area contributed by atoms with E-state index in [-0.39, 0.29) is 10.5 Å². The number of amides is 1. The first kappa shape index (κ1) is 16.5. The Morgan fingerprint density at radius 3 is 2.86 bits per heavy atom. The summed E-state index contributed by atoms with van der Waals surface area (Å²) in [5, 5.41) is 3.34. The van der Waals surface area contributed by atoms with Crippen LogP contribution in [0.2, 0.25) is 5.02 Å². The summed E-state index contributed by atoms with van der Waals surface area (Å²) in [5.41, 5.74) is 0.315. The largest absolute Gasteiger partial charge is 0.444 e. The molecule has 0 atom stereocenters. The molecule has 0 aliphatic heterocycles. The minimum Gasteiger partial charge on any atom is -0.444 e. The highest BCUT2D eigenvalue weighted by atomic mass is 35.5. The van der Waals surface area contributed by atoms with Crippen molar-refractivity contribution >= 4 is 28.6 Å². The van der Waals surface area contributed by atoms with Crippen molar-refractivity contribution in [3.8, 4) is 0 Å². The molecule has 4 nitrogen and oxygen atoms in total. The van der Waals surface area contributed by atoms with E-state index in [4.69, 9.17) is 16.3 Å². The summed E-state index contributed by atoms with van der Waals surface area (Å²) in [6.45, 7) is 5.67. The van der Waals surface area contributed by atoms with Crippen LogP contribution in [0.5, 0.6) is 0 Å². The number of aromatic nitrogens is 1. The van der Waals surface area contributed by atoms with E-state index in [1.54, 1.807) is 39.0 Å². The lowest BCUT2D eigenvalue weighted by atomic mass is 10.1. The zero-order valence-corrected chi connectivity index (χ0v) is 13.5. The van der Waals surface area contributed by atoms with Gasteiger partial charge >= 0.3 is 6.09 Å². The molecule has 2 aromatic rings. The van der Waals surface area contributed by atoms with Gasteiger partial charge in [0.1, 0.15) is 11.1 Å². The smallest absolute Gasteiger partial charge is 0.407 e. The summed E-state index contributed by atoms with van der Waals surface area (Å²) in [6.07, 6.45) is 1.41. The number of hydrogen-bond donors (Lipinski definition) is 1. The van der Waals surface area contributed by atoms with Gasteiger partial charge in [-0.05, 0) is 44.9 Å². The second kappa shape index (κ2) is 6.48. The highest BCUT2D eigenvalue weighted by Crippen LogP contribution is 2.27. The van der Waals surface area contributed by atoms with Gasteiger partial charge in [0.05, 0.1) is 5.02 Å². The first-order valence-electron chi connectivity index (χ1n) is 6.96. The average molecular weight is 325 g/mol. The first-order valence-corrected chi connectivity index (χ1v) is 7.34. The number of alkyl carbamates (subject to hydrolysis) is 1. The number of halogens is 2. The van der Waals surface area contributed by atoms with E-state index in [0.29, 0.717) is 23.9 Å². The van der Waals surface area contributed by atoms with Crippen LogP contribution < -0.4 is 5.32 Å². The number of carbonyl (C=O) groups is 1. The van der Waals surface area contributed by atoms with Gasteiger partial charge in [-0.3, -0.25) is 4.98 Å². The SMILES string of the molecule is CC(C)(C)OC(=O)NCCc1cc2cccnc2c(F)c1Cl. The van der Waals surface area contributed by atoms with Gasteiger partial charge in [0.15, 0.2) is 5.82 Å². The van der Waals surface area contributed by atoms with Crippen LogP contribution in [0.1, 0.15) is 26.3 Å². The molecule has 0 aliphatic carbocycles. The summed E-state index contributed by atoms with van der Waals surface area (Å²) < 4.78 is 19.3. The predicted octanol–water partition coefficient (Wildman–Crippen LogP) is 4.09. The minimum absolute atomic E-state index is 0.0391. The number of benzene rings is 1. The molecule has 1 heterocycles. The van der Waals surface area contributed by atoms with Crippen molar-refractivity contribution in [1.29, 1.82) is 0 Å². The molecule has 0 radical (unpaired) electrons. The van der Waals surface area contributed by atoms with Gasteiger partial charge in [0.2, 0.25) is 0 Å². The van der Waals surface area contributed by atoms with Crippen molar-refractivity contribution in [1.82, 2.24) is 10.3 Å². The Morgan fingerprint density at radius 1 is 1.45 bits per heavy atom. The Kier molecular flexibility index (Phi) is 4.86. The normalized spacial score (nSPS) is 11.5. The second-order valence-electron chi connectivity index (χ2n) is 5.92. The number of hydrogen-bond acceptors (Lipinski definition) is 3. The molecule has 2 rings (SSSR count). The van der Waals surface area contributed by atoms with Crippen LogP contribution in [0.15, 0.2) is 24.4 Å². The van der Waals surface area contributed by atoms with Crippen LogP contribution in [0.25, 0.3) is 10.9 Å². The van der Waals surface area contributed by atoms with Gasteiger partial charge in [-0.2, -0.15) is 0 Å². The summed E-state index contributed by atoms with van der Waals surface area (Å²) in [6, 6.07) is 5.29. The molecule has 118 valence electrons. The molecule has 0 spiro atoms. The van der Waals surface area contributed by atoms with Gasteiger partial charge < -0.3 is 10.1 Å². The van der Waals surface area contributed by atoms with E-state index in [0.717, 1.165) is 0 Å². The predicted molar refractivity (Wildman–Crippen MR) is 84.7 cm³/mol. The number of fused-ring (bicyclic) bond motifs is 1. The molecular weight excluding hydrogens is 307 g/mol. The lowest BCUT2D eigenvalue weighted by molar-refractivity contribution is 0.0528. The Morgan fingerprint density at radius 2 is 2.18 bits per heavy atom. The lowest BCUT2D eigenvalue weighted by Crippen LogP contribution is -2.33. The molecule has 0 aliphatic rings. The third-order valence-corrected chi connectivity index (χ3v) is 3.32. The highest BCUT2D eigenvalue weighted by Gasteiger charge is 2.16. The lowest BCUT2D eigenvalue weighted by Gasteiger charge is -2.19. The average Bonchev–Trinajstić information content (AvgIpc) is 2.42. The Labute approximate surface area is 133 Å². The molecule has 1 aromatic carbocycles. The van der Waals surface area contributed by atoms with E-state index >= 15 is 0 Å². The molecule has 0 bridgehead atoms. The minimum atomic E-state index is -0.553. The number of nitrogens with one attached hydrogen (secondary N) is 1. The van der Waals surface area contributed by atoms with Gasteiger partial charge in [-0.15, -0.1) is 0 Å². The summed E-state index contributed by atoms with van der Waals surface area (Å²) >= 11 is 6.04. The maximum atomic E-state index is 14.2. The zero-order chi connectivity index (χ0) is 16.3. The third kappa shape index (κ3) is 4.07. The van der Waals surface area contributed by atoms with Crippen molar-refractivity contribution in [2.75, 3.05) is 6.54 Å². The molecular formula is C16H18ClFN2O2. The maximum absolute atomic E-state index is 14.2. The van der Waals surface area contributed by atoms with Gasteiger partial charge in [0.25, 0.3) is 0 Å². The highest BCUT2D eigenvalue weighted by molar-refractivity contribution is 6.32. The van der Waals surface area contributed by atoms with E-state index in [1.807, 2.05) is 0 Å².